The quantitative estimate of drug-likeness (QED) is 0.450. The van der Waals surface area contributed by atoms with Crippen molar-refractivity contribution in [3.8, 4) is 11.5 Å². The van der Waals surface area contributed by atoms with Gasteiger partial charge in [0.15, 0.2) is 11.5 Å². The molecule has 1 aliphatic heterocycles. The number of sulfonamides is 1. The lowest BCUT2D eigenvalue weighted by atomic mass is 10.1. The largest absolute Gasteiger partial charge is 0.454 e. The molecule has 0 fully saturated rings. The molecular formula is C27H37N3O6S. The molecule has 0 saturated carbocycles. The molecule has 1 aliphatic rings. The van der Waals surface area contributed by atoms with Gasteiger partial charge in [-0.25, -0.2) is 8.42 Å². The van der Waals surface area contributed by atoms with Crippen LogP contribution in [-0.2, 0) is 26.2 Å². The van der Waals surface area contributed by atoms with Crippen molar-refractivity contribution in [2.45, 2.75) is 53.6 Å². The fourth-order valence-electron chi connectivity index (χ4n) is 4.11. The normalized spacial score (nSPS) is 13.4. The molecule has 0 saturated heterocycles. The van der Waals surface area contributed by atoms with Crippen molar-refractivity contribution in [1.29, 1.82) is 0 Å². The number of carbonyl (C=O) groups is 2. The van der Waals surface area contributed by atoms with E-state index in [2.05, 4.69) is 5.32 Å². The average Bonchev–Trinajstić information content (AvgIpc) is 3.33. The number of aryl methyl sites for hydroxylation is 1. The van der Waals surface area contributed by atoms with Crippen molar-refractivity contribution in [1.82, 2.24) is 10.2 Å². The second kappa shape index (κ2) is 12.3. The maximum absolute atomic E-state index is 13.8. The molecule has 37 heavy (non-hydrogen) atoms. The van der Waals surface area contributed by atoms with Crippen molar-refractivity contribution in [2.24, 2.45) is 5.92 Å². The number of nitrogens with one attached hydrogen (secondary N) is 1. The number of fused-ring (bicyclic) bond motifs is 1. The highest BCUT2D eigenvalue weighted by molar-refractivity contribution is 7.92. The minimum atomic E-state index is -3.82. The van der Waals surface area contributed by atoms with E-state index in [-0.39, 0.29) is 30.9 Å². The smallest absolute Gasteiger partial charge is 0.244 e. The summed E-state index contributed by atoms with van der Waals surface area (Å²) in [6.07, 6.45) is 0.381. The zero-order chi connectivity index (χ0) is 27.2. The lowest BCUT2D eigenvalue weighted by Gasteiger charge is -2.33. The van der Waals surface area contributed by atoms with Crippen LogP contribution in [-0.4, -0.2) is 56.8 Å². The Bertz CT molecular complexity index is 1210. The highest BCUT2D eigenvalue weighted by Crippen LogP contribution is 2.36. The van der Waals surface area contributed by atoms with Crippen LogP contribution in [0.25, 0.3) is 0 Å². The molecule has 3 rings (SSSR count). The maximum Gasteiger partial charge on any atom is 0.244 e. The molecule has 0 unspecified atom stereocenters. The van der Waals surface area contributed by atoms with E-state index in [1.165, 1.54) is 11.8 Å². The van der Waals surface area contributed by atoms with Gasteiger partial charge < -0.3 is 19.7 Å². The molecule has 0 bridgehead atoms. The number of benzene rings is 2. The summed E-state index contributed by atoms with van der Waals surface area (Å²) in [6, 6.07) is 11.7. The van der Waals surface area contributed by atoms with Crippen molar-refractivity contribution in [3.05, 3.63) is 53.6 Å². The molecule has 202 valence electrons. The zero-order valence-corrected chi connectivity index (χ0v) is 23.0. The summed E-state index contributed by atoms with van der Waals surface area (Å²) >= 11 is 0. The number of hydrogen-bond donors (Lipinski definition) is 1. The molecule has 0 aromatic heterocycles. The van der Waals surface area contributed by atoms with Crippen LogP contribution >= 0.6 is 0 Å². The van der Waals surface area contributed by atoms with Crippen LogP contribution in [0, 0.1) is 12.8 Å². The topological polar surface area (TPSA) is 105 Å². The fourth-order valence-corrected chi connectivity index (χ4v) is 5.16. The van der Waals surface area contributed by atoms with Crippen LogP contribution in [0.2, 0.25) is 0 Å². The molecule has 10 heteroatoms. The Morgan fingerprint density at radius 2 is 1.78 bits per heavy atom. The van der Waals surface area contributed by atoms with Crippen molar-refractivity contribution >= 4 is 27.5 Å². The van der Waals surface area contributed by atoms with Gasteiger partial charge in [0, 0.05) is 19.2 Å². The first-order valence-corrected chi connectivity index (χ1v) is 14.2. The van der Waals surface area contributed by atoms with Gasteiger partial charge in [-0.1, -0.05) is 50.6 Å². The van der Waals surface area contributed by atoms with Crippen LogP contribution in [0.15, 0.2) is 42.5 Å². The molecule has 9 nitrogen and oxygen atoms in total. The van der Waals surface area contributed by atoms with Gasteiger partial charge in [0.05, 0.1) is 11.4 Å². The minimum absolute atomic E-state index is 0.0478. The highest BCUT2D eigenvalue weighted by Gasteiger charge is 2.33. The van der Waals surface area contributed by atoms with E-state index in [0.29, 0.717) is 30.2 Å². The summed E-state index contributed by atoms with van der Waals surface area (Å²) in [7, 11) is -3.82. The second-order valence-electron chi connectivity index (χ2n) is 9.52. The number of nitrogens with zero attached hydrogens (tertiary/aromatic N) is 2. The number of carbonyl (C=O) groups excluding carboxylic acids is 2. The van der Waals surface area contributed by atoms with Crippen molar-refractivity contribution in [3.63, 3.8) is 0 Å². The molecule has 0 radical (unpaired) electrons. The molecule has 2 amide bonds. The Kier molecular flexibility index (Phi) is 9.42. The maximum atomic E-state index is 13.8. The van der Waals surface area contributed by atoms with Gasteiger partial charge in [-0.3, -0.25) is 13.9 Å². The Morgan fingerprint density at radius 1 is 1.05 bits per heavy atom. The molecule has 0 spiro atoms. The van der Waals surface area contributed by atoms with Crippen molar-refractivity contribution < 1.29 is 27.5 Å². The molecule has 2 aromatic rings. The first kappa shape index (κ1) is 28.3. The van der Waals surface area contributed by atoms with Gasteiger partial charge in [0.1, 0.15) is 12.6 Å². The predicted octanol–water partition coefficient (Wildman–Crippen LogP) is 3.46. The van der Waals surface area contributed by atoms with Crippen LogP contribution in [0.4, 0.5) is 5.69 Å². The van der Waals surface area contributed by atoms with Gasteiger partial charge in [-0.2, -0.15) is 0 Å². The summed E-state index contributed by atoms with van der Waals surface area (Å²) in [6.45, 7) is 9.57. The van der Waals surface area contributed by atoms with Gasteiger partial charge in [-0.15, -0.1) is 0 Å². The van der Waals surface area contributed by atoms with Gasteiger partial charge in [0.25, 0.3) is 0 Å². The van der Waals surface area contributed by atoms with Crippen LogP contribution in [0.3, 0.4) is 0 Å². The third-order valence-electron chi connectivity index (χ3n) is 6.13. The monoisotopic (exact) mass is 531 g/mol. The number of hydrogen-bond acceptors (Lipinski definition) is 6. The van der Waals surface area contributed by atoms with E-state index in [9.17, 15) is 18.0 Å². The van der Waals surface area contributed by atoms with Gasteiger partial charge in [-0.05, 0) is 43.9 Å². The van der Waals surface area contributed by atoms with Gasteiger partial charge >= 0.3 is 0 Å². The SMILES string of the molecule is CC[C@@H](C(=O)NCC(C)C)N(Cc1cccc(C)c1)C(=O)CN(c1ccc2c(c1)OCO2)S(=O)(=O)CC. The van der Waals surface area contributed by atoms with Crippen LogP contribution in [0.5, 0.6) is 11.5 Å². The number of amides is 2. The standard InChI is InChI=1S/C27H37N3O6S/c1-6-23(27(32)28-15-19(3)4)29(16-21-10-8-9-20(5)13-21)26(31)17-30(37(33,34)7-2)22-11-12-24-25(14-22)36-18-35-24/h8-14,19,23H,6-7,15-18H2,1-5H3,(H,28,32)/t23-/m0/s1. The Balaban J connectivity index is 1.96. The van der Waals surface area contributed by atoms with Crippen molar-refractivity contribution in [2.75, 3.05) is 29.9 Å². The molecule has 1 heterocycles. The fraction of sp³-hybridized carbons (Fsp3) is 0.481. The number of rotatable bonds is 12. The molecule has 1 N–H and O–H groups in total. The number of ether oxygens (including phenoxy) is 2. The predicted molar refractivity (Wildman–Crippen MR) is 143 cm³/mol. The average molecular weight is 532 g/mol. The van der Waals surface area contributed by atoms with Crippen LogP contribution < -0.4 is 19.1 Å². The summed E-state index contributed by atoms with van der Waals surface area (Å²) < 4.78 is 38.1. The van der Waals surface area contributed by atoms with Gasteiger partial charge in [0.2, 0.25) is 28.6 Å². The first-order chi connectivity index (χ1) is 17.6. The van der Waals surface area contributed by atoms with E-state index in [4.69, 9.17) is 9.47 Å². The molecule has 2 aromatic carbocycles. The molecular weight excluding hydrogens is 494 g/mol. The summed E-state index contributed by atoms with van der Waals surface area (Å²) in [5.41, 5.74) is 2.18. The number of anilines is 1. The Hall–Kier alpha value is -3.27. The minimum Gasteiger partial charge on any atom is -0.454 e. The third kappa shape index (κ3) is 7.15. The van der Waals surface area contributed by atoms with E-state index in [0.717, 1.165) is 15.4 Å². The summed E-state index contributed by atoms with van der Waals surface area (Å²) in [5.74, 6) is 0.250. The zero-order valence-electron chi connectivity index (χ0n) is 22.2. The third-order valence-corrected chi connectivity index (χ3v) is 7.87. The second-order valence-corrected chi connectivity index (χ2v) is 11.7. The Labute approximate surface area is 219 Å². The lowest BCUT2D eigenvalue weighted by molar-refractivity contribution is -0.140. The first-order valence-electron chi connectivity index (χ1n) is 12.6. The Morgan fingerprint density at radius 3 is 2.43 bits per heavy atom. The van der Waals surface area contributed by atoms with Crippen LogP contribution in [0.1, 0.15) is 45.2 Å². The van der Waals surface area contributed by atoms with E-state index in [1.54, 1.807) is 18.2 Å². The van der Waals surface area contributed by atoms with E-state index in [1.807, 2.05) is 52.0 Å². The highest BCUT2D eigenvalue weighted by atomic mass is 32.2. The summed E-state index contributed by atoms with van der Waals surface area (Å²) in [4.78, 5) is 28.5. The molecule has 1 atom stereocenters. The van der Waals surface area contributed by atoms with E-state index >= 15 is 0 Å². The molecule has 0 aliphatic carbocycles. The lowest BCUT2D eigenvalue weighted by Crippen LogP contribution is -2.52. The summed E-state index contributed by atoms with van der Waals surface area (Å²) in [5, 5.41) is 2.93. The van der Waals surface area contributed by atoms with E-state index < -0.39 is 28.5 Å².